The monoisotopic (exact) mass is 441 g/mol. The summed E-state index contributed by atoms with van der Waals surface area (Å²) >= 11 is 6.87. The van der Waals surface area contributed by atoms with Crippen LogP contribution in [-0.4, -0.2) is 15.1 Å². The molecule has 0 saturated carbocycles. The Bertz CT molecular complexity index is 1200. The molecule has 0 aliphatic carbocycles. The number of carbonyl (C=O) groups is 1. The van der Waals surface area contributed by atoms with Crippen LogP contribution >= 0.6 is 24.0 Å². The predicted molar refractivity (Wildman–Crippen MR) is 129 cm³/mol. The lowest BCUT2D eigenvalue weighted by Crippen LogP contribution is -2.27. The van der Waals surface area contributed by atoms with Gasteiger partial charge in [-0.3, -0.25) is 9.69 Å². The van der Waals surface area contributed by atoms with Crippen LogP contribution in [0.15, 0.2) is 101 Å². The van der Waals surface area contributed by atoms with Crippen LogP contribution in [-0.2, 0) is 11.3 Å². The third kappa shape index (κ3) is 4.07. The first-order chi connectivity index (χ1) is 15.2. The second kappa shape index (κ2) is 8.53. The highest BCUT2D eigenvalue weighted by atomic mass is 32.2. The summed E-state index contributed by atoms with van der Waals surface area (Å²) in [4.78, 5) is 15.4. The average Bonchev–Trinajstić information content (AvgIpc) is 3.07. The van der Waals surface area contributed by atoms with E-state index in [0.717, 1.165) is 28.0 Å². The van der Waals surface area contributed by atoms with Gasteiger partial charge in [-0.2, -0.15) is 0 Å². The van der Waals surface area contributed by atoms with E-state index in [1.54, 1.807) is 4.90 Å². The van der Waals surface area contributed by atoms with Crippen molar-refractivity contribution in [2.24, 2.45) is 0 Å². The van der Waals surface area contributed by atoms with Crippen LogP contribution in [0.2, 0.25) is 0 Å². The molecule has 2 aliphatic rings. The summed E-state index contributed by atoms with van der Waals surface area (Å²) in [7, 11) is 0. The van der Waals surface area contributed by atoms with Crippen molar-refractivity contribution in [3.8, 4) is 5.75 Å². The number of carbonyl (C=O) groups excluding carboxylic acids is 1. The smallest absolute Gasteiger partial charge is 0.266 e. The number of rotatable bonds is 4. The van der Waals surface area contributed by atoms with Gasteiger partial charge in [0.15, 0.2) is 0 Å². The topological polar surface area (TPSA) is 29.5 Å². The van der Waals surface area contributed by atoms with Gasteiger partial charge < -0.3 is 4.74 Å². The molecule has 0 N–H and O–H groups in total. The Hall–Kier alpha value is -3.15. The molecule has 0 radical (unpaired) electrons. The number of benzene rings is 3. The maximum atomic E-state index is 13.2. The minimum absolute atomic E-state index is 0.0644. The van der Waals surface area contributed by atoms with E-state index in [1.807, 2.05) is 91.0 Å². The van der Waals surface area contributed by atoms with Crippen molar-refractivity contribution in [3.05, 3.63) is 118 Å². The minimum Gasteiger partial charge on any atom is -0.480 e. The third-order valence-corrected chi connectivity index (χ3v) is 6.62. The molecule has 1 saturated heterocycles. The highest BCUT2D eigenvalue weighted by Crippen LogP contribution is 2.41. The first-order valence-corrected chi connectivity index (χ1v) is 11.2. The van der Waals surface area contributed by atoms with Gasteiger partial charge in [-0.25, -0.2) is 0 Å². The van der Waals surface area contributed by atoms with Gasteiger partial charge in [-0.15, -0.1) is 0 Å². The summed E-state index contributed by atoms with van der Waals surface area (Å²) in [5.74, 6) is 0.774. The molecule has 5 heteroatoms. The number of thioether (sulfide) groups is 1. The Morgan fingerprint density at radius 3 is 2.39 bits per heavy atom. The van der Waals surface area contributed by atoms with E-state index in [9.17, 15) is 4.79 Å². The Labute approximate surface area is 191 Å². The summed E-state index contributed by atoms with van der Waals surface area (Å²) < 4.78 is 6.92. The van der Waals surface area contributed by atoms with Crippen molar-refractivity contribution in [3.63, 3.8) is 0 Å². The molecule has 0 aromatic heterocycles. The van der Waals surface area contributed by atoms with E-state index in [1.165, 1.54) is 11.8 Å². The van der Waals surface area contributed by atoms with Crippen molar-refractivity contribution in [2.45, 2.75) is 12.6 Å². The van der Waals surface area contributed by atoms with E-state index < -0.39 is 0 Å². The highest BCUT2D eigenvalue weighted by molar-refractivity contribution is 8.26. The lowest BCUT2D eigenvalue weighted by atomic mass is 9.95. The van der Waals surface area contributed by atoms with E-state index in [-0.39, 0.29) is 12.0 Å². The van der Waals surface area contributed by atoms with E-state index in [0.29, 0.717) is 15.8 Å². The zero-order valence-corrected chi connectivity index (χ0v) is 18.2. The number of fused-ring (bicyclic) bond motifs is 1. The van der Waals surface area contributed by atoms with Gasteiger partial charge in [0.1, 0.15) is 16.2 Å². The molecule has 3 aromatic rings. The Morgan fingerprint density at radius 1 is 0.935 bits per heavy atom. The molecule has 2 heterocycles. The van der Waals surface area contributed by atoms with Gasteiger partial charge in [-0.1, -0.05) is 103 Å². The molecule has 152 valence electrons. The molecule has 3 nitrogen and oxygen atoms in total. The molecule has 0 spiro atoms. The van der Waals surface area contributed by atoms with Gasteiger partial charge in [0.25, 0.3) is 5.91 Å². The molecule has 0 bridgehead atoms. The van der Waals surface area contributed by atoms with Crippen LogP contribution in [0, 0.1) is 0 Å². The van der Waals surface area contributed by atoms with Crippen LogP contribution in [0.25, 0.3) is 6.08 Å². The van der Waals surface area contributed by atoms with E-state index in [2.05, 4.69) is 6.08 Å². The molecule has 31 heavy (non-hydrogen) atoms. The molecule has 3 aromatic carbocycles. The quantitative estimate of drug-likeness (QED) is 0.359. The maximum absolute atomic E-state index is 13.2. The number of para-hydroxylation sites is 1. The number of ether oxygens (including phenoxy) is 1. The summed E-state index contributed by atoms with van der Waals surface area (Å²) in [6, 6.07) is 27.9. The number of amides is 1. The second-order valence-corrected chi connectivity index (χ2v) is 9.02. The summed E-state index contributed by atoms with van der Waals surface area (Å²) in [5, 5.41) is 0. The highest BCUT2D eigenvalue weighted by Gasteiger charge is 2.33. The Kier molecular flexibility index (Phi) is 5.45. The summed E-state index contributed by atoms with van der Waals surface area (Å²) in [6.07, 6.45) is 3.74. The fraction of sp³-hybridized carbons (Fsp3) is 0.0769. The van der Waals surface area contributed by atoms with Crippen molar-refractivity contribution in [2.75, 3.05) is 0 Å². The average molecular weight is 442 g/mol. The second-order valence-electron chi connectivity index (χ2n) is 7.34. The van der Waals surface area contributed by atoms with Crippen molar-refractivity contribution >= 4 is 40.3 Å². The van der Waals surface area contributed by atoms with Crippen molar-refractivity contribution < 1.29 is 9.53 Å². The SMILES string of the molecule is O=C1C(=CC2=Cc3ccccc3OC2c2ccccc2)SC(=S)N1Cc1ccccc1. The normalized spacial score (nSPS) is 19.2. The molecule has 1 unspecified atom stereocenters. The number of nitrogens with zero attached hydrogens (tertiary/aromatic N) is 1. The summed E-state index contributed by atoms with van der Waals surface area (Å²) in [6.45, 7) is 0.476. The summed E-state index contributed by atoms with van der Waals surface area (Å²) in [5.41, 5.74) is 4.03. The molecular weight excluding hydrogens is 422 g/mol. The first-order valence-electron chi connectivity index (χ1n) is 10.0. The predicted octanol–water partition coefficient (Wildman–Crippen LogP) is 6.15. The van der Waals surface area contributed by atoms with Crippen molar-refractivity contribution in [1.29, 1.82) is 0 Å². The molecule has 1 amide bonds. The maximum Gasteiger partial charge on any atom is 0.266 e. The molecular formula is C26H19NO2S2. The lowest BCUT2D eigenvalue weighted by Gasteiger charge is -2.26. The number of hydrogen-bond acceptors (Lipinski definition) is 4. The van der Waals surface area contributed by atoms with Gasteiger partial charge in [0.05, 0.1) is 11.4 Å². The standard InChI is InChI=1S/C26H19NO2S2/c28-25-23(31-26(30)27(25)17-18-9-3-1-4-10-18)16-21-15-20-13-7-8-14-22(20)29-24(21)19-11-5-2-6-12-19/h1-16,24H,17H2. The number of hydrogen-bond donors (Lipinski definition) is 0. The Morgan fingerprint density at radius 2 is 1.61 bits per heavy atom. The molecule has 2 aliphatic heterocycles. The van der Waals surface area contributed by atoms with Crippen LogP contribution in [0.4, 0.5) is 0 Å². The Balaban J connectivity index is 1.49. The van der Waals surface area contributed by atoms with Gasteiger partial charge in [-0.05, 0) is 34.9 Å². The van der Waals surface area contributed by atoms with E-state index in [4.69, 9.17) is 17.0 Å². The zero-order valence-electron chi connectivity index (χ0n) is 16.6. The fourth-order valence-corrected chi connectivity index (χ4v) is 4.97. The number of thiocarbonyl (C=S) groups is 1. The van der Waals surface area contributed by atoms with Gasteiger partial charge in [0.2, 0.25) is 0 Å². The van der Waals surface area contributed by atoms with Gasteiger partial charge >= 0.3 is 0 Å². The van der Waals surface area contributed by atoms with Crippen LogP contribution in [0.5, 0.6) is 5.75 Å². The van der Waals surface area contributed by atoms with Crippen LogP contribution < -0.4 is 4.74 Å². The third-order valence-electron chi connectivity index (χ3n) is 5.25. The van der Waals surface area contributed by atoms with Gasteiger partial charge in [0, 0.05) is 5.56 Å². The van der Waals surface area contributed by atoms with E-state index >= 15 is 0 Å². The minimum atomic E-state index is -0.284. The first kappa shape index (κ1) is 19.8. The molecule has 1 fully saturated rings. The molecule has 5 rings (SSSR count). The van der Waals surface area contributed by atoms with Crippen LogP contribution in [0.3, 0.4) is 0 Å². The van der Waals surface area contributed by atoms with Crippen molar-refractivity contribution in [1.82, 2.24) is 4.90 Å². The largest absolute Gasteiger partial charge is 0.480 e. The fourth-order valence-electron chi connectivity index (χ4n) is 3.72. The lowest BCUT2D eigenvalue weighted by molar-refractivity contribution is -0.122. The van der Waals surface area contributed by atoms with Crippen LogP contribution in [0.1, 0.15) is 22.8 Å². The molecule has 1 atom stereocenters. The zero-order chi connectivity index (χ0) is 21.2.